The number of hydrogen-bond acceptors (Lipinski definition) is 9. The van der Waals surface area contributed by atoms with E-state index in [1.165, 1.54) is 6.07 Å². The van der Waals surface area contributed by atoms with E-state index in [1.54, 1.807) is 0 Å². The molecule has 2 aromatic rings. The number of nitrogens with zero attached hydrogens (tertiary/aromatic N) is 1. The van der Waals surface area contributed by atoms with Crippen LogP contribution in [0.15, 0.2) is 58.6 Å². The molecule has 0 fully saturated rings. The van der Waals surface area contributed by atoms with Crippen LogP contribution < -0.4 is 14.8 Å². The molecule has 0 aromatic heterocycles. The topological polar surface area (TPSA) is 134 Å². The summed E-state index contributed by atoms with van der Waals surface area (Å²) in [4.78, 5) is 25.3. The Hall–Kier alpha value is -3.62. The molecule has 0 atom stereocenters. The second-order valence-electron chi connectivity index (χ2n) is 7.01. The van der Waals surface area contributed by atoms with E-state index >= 15 is 0 Å². The normalized spacial score (nSPS) is 14.5. The van der Waals surface area contributed by atoms with Gasteiger partial charge in [0.15, 0.2) is 0 Å². The smallest absolute Gasteiger partial charge is 0.420 e. The Morgan fingerprint density at radius 3 is 2.20 bits per heavy atom. The molecule has 0 bridgehead atoms. The average molecular weight is 516 g/mol. The summed E-state index contributed by atoms with van der Waals surface area (Å²) in [7, 11) is -1.87. The summed E-state index contributed by atoms with van der Waals surface area (Å²) < 4.78 is 84.4. The number of rotatable bonds is 6. The van der Waals surface area contributed by atoms with Gasteiger partial charge in [-0.05, 0) is 42.5 Å². The van der Waals surface area contributed by atoms with E-state index in [9.17, 15) is 31.2 Å². The highest BCUT2D eigenvalue weighted by Crippen LogP contribution is 2.41. The molecule has 0 saturated carbocycles. The van der Waals surface area contributed by atoms with Gasteiger partial charge in [-0.3, -0.25) is 0 Å². The lowest BCUT2D eigenvalue weighted by Gasteiger charge is -2.31. The van der Waals surface area contributed by atoms with Crippen LogP contribution >= 0.6 is 0 Å². The summed E-state index contributed by atoms with van der Waals surface area (Å²) in [6, 6.07) is 7.39. The molecule has 188 valence electrons. The van der Waals surface area contributed by atoms with Crippen molar-refractivity contribution in [1.29, 1.82) is 0 Å². The van der Waals surface area contributed by atoms with Crippen LogP contribution in [-0.4, -0.2) is 47.9 Å². The van der Waals surface area contributed by atoms with E-state index in [0.717, 1.165) is 49.5 Å². The minimum absolute atomic E-state index is 0.0833. The predicted octanol–water partition coefficient (Wildman–Crippen LogP) is 2.54. The fourth-order valence-electron chi connectivity index (χ4n) is 3.17. The van der Waals surface area contributed by atoms with E-state index < -0.39 is 39.5 Å². The van der Waals surface area contributed by atoms with Crippen LogP contribution in [-0.2, 0) is 40.0 Å². The van der Waals surface area contributed by atoms with Crippen molar-refractivity contribution in [2.45, 2.75) is 11.1 Å². The van der Waals surface area contributed by atoms with Gasteiger partial charge < -0.3 is 23.8 Å². The maximum Gasteiger partial charge on any atom is 0.420 e. The molecule has 0 saturated heterocycles. The van der Waals surface area contributed by atoms with Crippen molar-refractivity contribution in [3.8, 4) is 11.5 Å². The number of carbonyl (C=O) groups is 2. The highest BCUT2D eigenvalue weighted by Gasteiger charge is 2.37. The van der Waals surface area contributed by atoms with Crippen LogP contribution in [0.1, 0.15) is 5.56 Å². The first-order valence-corrected chi connectivity index (χ1v) is 11.2. The van der Waals surface area contributed by atoms with Crippen LogP contribution in [0, 0.1) is 0 Å². The van der Waals surface area contributed by atoms with Crippen molar-refractivity contribution in [2.75, 3.05) is 32.5 Å². The van der Waals surface area contributed by atoms with Crippen molar-refractivity contribution in [3.63, 3.8) is 0 Å². The lowest BCUT2D eigenvalue weighted by atomic mass is 10.1. The third-order valence-electron chi connectivity index (χ3n) is 4.79. The quantitative estimate of drug-likeness (QED) is 0.575. The zero-order valence-corrected chi connectivity index (χ0v) is 19.1. The molecule has 10 nitrogen and oxygen atoms in total. The van der Waals surface area contributed by atoms with Gasteiger partial charge in [-0.15, -0.1) is 0 Å². The third-order valence-corrected chi connectivity index (χ3v) is 5.72. The zero-order valence-electron chi connectivity index (χ0n) is 18.3. The van der Waals surface area contributed by atoms with Gasteiger partial charge in [0.25, 0.3) is 0 Å². The maximum absolute atomic E-state index is 13.9. The van der Waals surface area contributed by atoms with E-state index in [0.29, 0.717) is 6.07 Å². The molecule has 1 heterocycles. The summed E-state index contributed by atoms with van der Waals surface area (Å²) in [5, 5.41) is 5.01. The largest absolute Gasteiger partial charge is 0.466 e. The summed E-state index contributed by atoms with van der Waals surface area (Å²) in [5.41, 5.74) is -1.91. The molecular weight excluding hydrogens is 497 g/mol. The molecular formula is C21H19F3N2O8S. The van der Waals surface area contributed by atoms with Gasteiger partial charge in [-0.2, -0.15) is 13.2 Å². The second kappa shape index (κ2) is 9.93. The third kappa shape index (κ3) is 5.72. The van der Waals surface area contributed by atoms with Crippen LogP contribution in [0.4, 0.5) is 18.9 Å². The van der Waals surface area contributed by atoms with E-state index in [1.807, 2.05) is 0 Å². The number of halogens is 3. The number of methoxy groups -OCH3 is 2. The Morgan fingerprint density at radius 1 is 1.03 bits per heavy atom. The molecule has 0 amide bonds. The van der Waals surface area contributed by atoms with Gasteiger partial charge in [-0.1, -0.05) is 0 Å². The minimum atomic E-state index is -4.89. The first-order valence-electron chi connectivity index (χ1n) is 9.64. The fourth-order valence-corrected chi connectivity index (χ4v) is 3.68. The van der Waals surface area contributed by atoms with Gasteiger partial charge >= 0.3 is 18.1 Å². The highest BCUT2D eigenvalue weighted by atomic mass is 32.2. The standard InChI is InChI=1S/C21H19F3N2O8S/c1-31-19(27)15-10-33-11-26(18(15)20(28)32-2)12-3-8-17(16(9-12)21(22,23)24)34-13-4-6-14(7-5-13)35(25,29)30/h3-9H,10-11H2,1-2H3,(H2,25,29,30). The Labute approximate surface area is 197 Å². The minimum Gasteiger partial charge on any atom is -0.466 e. The number of nitrogens with two attached hydrogens (primary N) is 1. The molecule has 1 aliphatic heterocycles. The molecule has 3 rings (SSSR count). The number of benzene rings is 2. The lowest BCUT2D eigenvalue weighted by Crippen LogP contribution is -2.38. The Morgan fingerprint density at radius 2 is 1.66 bits per heavy atom. The maximum atomic E-state index is 13.9. The van der Waals surface area contributed by atoms with Gasteiger partial charge in [0, 0.05) is 5.69 Å². The first kappa shape index (κ1) is 26.0. The number of esters is 2. The van der Waals surface area contributed by atoms with Gasteiger partial charge in [0.05, 0.1) is 31.3 Å². The SMILES string of the molecule is COC(=O)C1=C(C(=O)OC)N(c2ccc(Oc3ccc(S(N)(=O)=O)cc3)c(C(F)(F)F)c2)COC1. The van der Waals surface area contributed by atoms with E-state index in [4.69, 9.17) is 19.3 Å². The molecule has 0 spiro atoms. The molecule has 0 radical (unpaired) electrons. The van der Waals surface area contributed by atoms with Crippen LogP contribution in [0.5, 0.6) is 11.5 Å². The van der Waals surface area contributed by atoms with Crippen molar-refractivity contribution in [1.82, 2.24) is 0 Å². The zero-order chi connectivity index (χ0) is 26.0. The van der Waals surface area contributed by atoms with E-state index in [2.05, 4.69) is 4.74 Å². The molecule has 2 N–H and O–H groups in total. The Bertz CT molecular complexity index is 1270. The Kier molecular flexibility index (Phi) is 7.38. The summed E-state index contributed by atoms with van der Waals surface area (Å²) >= 11 is 0. The molecule has 1 aliphatic rings. The van der Waals surface area contributed by atoms with Gasteiger partial charge in [-0.25, -0.2) is 23.1 Å². The number of carbonyl (C=O) groups excluding carboxylic acids is 2. The average Bonchev–Trinajstić information content (AvgIpc) is 2.82. The van der Waals surface area contributed by atoms with Crippen molar-refractivity contribution in [2.24, 2.45) is 5.14 Å². The first-order chi connectivity index (χ1) is 16.4. The Balaban J connectivity index is 2.05. The van der Waals surface area contributed by atoms with Crippen molar-refractivity contribution < 1.29 is 50.1 Å². The number of ether oxygens (including phenoxy) is 4. The monoisotopic (exact) mass is 516 g/mol. The number of hydrogen-bond donors (Lipinski definition) is 1. The highest BCUT2D eigenvalue weighted by molar-refractivity contribution is 7.89. The summed E-state index contributed by atoms with van der Waals surface area (Å²) in [6.45, 7) is -0.660. The second-order valence-corrected chi connectivity index (χ2v) is 8.57. The van der Waals surface area contributed by atoms with Crippen LogP contribution in [0.25, 0.3) is 0 Å². The summed E-state index contributed by atoms with van der Waals surface area (Å²) in [5.74, 6) is -2.56. The van der Waals surface area contributed by atoms with E-state index in [-0.39, 0.29) is 40.9 Å². The van der Waals surface area contributed by atoms with Crippen molar-refractivity contribution >= 4 is 27.6 Å². The number of sulfonamides is 1. The molecule has 0 aliphatic carbocycles. The van der Waals surface area contributed by atoms with Gasteiger partial charge in [0.2, 0.25) is 10.0 Å². The number of primary sulfonamides is 1. The lowest BCUT2D eigenvalue weighted by molar-refractivity contribution is -0.140. The molecule has 14 heteroatoms. The molecule has 0 unspecified atom stereocenters. The molecule has 35 heavy (non-hydrogen) atoms. The predicted molar refractivity (Wildman–Crippen MR) is 114 cm³/mol. The fraction of sp³-hybridized carbons (Fsp3) is 0.238. The number of alkyl halides is 3. The van der Waals surface area contributed by atoms with Crippen molar-refractivity contribution in [3.05, 3.63) is 59.3 Å². The van der Waals surface area contributed by atoms with Gasteiger partial charge in [0.1, 0.15) is 29.5 Å². The summed E-state index contributed by atoms with van der Waals surface area (Å²) in [6.07, 6.45) is -4.89. The van der Waals surface area contributed by atoms with Crippen LogP contribution in [0.2, 0.25) is 0 Å². The van der Waals surface area contributed by atoms with Crippen LogP contribution in [0.3, 0.4) is 0 Å². The number of anilines is 1. The molecule has 2 aromatic carbocycles.